The number of carboxylic acid groups (broad SMARTS) is 1. The average molecular weight is 208 g/mol. The summed E-state index contributed by atoms with van der Waals surface area (Å²) < 4.78 is 20.7. The molecular formula is C7H13O5P. The molecule has 0 atom stereocenters. The van der Waals surface area contributed by atoms with Crippen LogP contribution in [0.25, 0.3) is 0 Å². The number of carboxylic acids is 1. The first-order valence-corrected chi connectivity index (χ1v) is 5.27. The van der Waals surface area contributed by atoms with Crippen molar-refractivity contribution in [3.05, 3.63) is 11.6 Å². The van der Waals surface area contributed by atoms with Crippen LogP contribution in [0.5, 0.6) is 0 Å². The molecule has 76 valence electrons. The second kappa shape index (κ2) is 5.17. The molecule has 0 spiro atoms. The summed E-state index contributed by atoms with van der Waals surface area (Å²) in [6.07, 6.45) is 0.969. The zero-order valence-corrected chi connectivity index (χ0v) is 8.71. The Hall–Kier alpha value is -0.640. The quantitative estimate of drug-likeness (QED) is 0.547. The van der Waals surface area contributed by atoms with Crippen LogP contribution >= 0.6 is 7.60 Å². The minimum absolute atomic E-state index is 0.00764. The molecule has 13 heavy (non-hydrogen) atoms. The summed E-state index contributed by atoms with van der Waals surface area (Å²) in [7, 11) is -0.601. The topological polar surface area (TPSA) is 72.8 Å². The van der Waals surface area contributed by atoms with Gasteiger partial charge in [0, 0.05) is 20.3 Å². The van der Waals surface area contributed by atoms with E-state index in [-0.39, 0.29) is 6.16 Å². The van der Waals surface area contributed by atoms with Crippen molar-refractivity contribution in [2.75, 3.05) is 20.4 Å². The largest absolute Gasteiger partial charge is 0.478 e. The molecule has 0 aliphatic rings. The van der Waals surface area contributed by atoms with Gasteiger partial charge in [-0.3, -0.25) is 4.57 Å². The van der Waals surface area contributed by atoms with Crippen LogP contribution in [0.3, 0.4) is 0 Å². The van der Waals surface area contributed by atoms with Crippen molar-refractivity contribution in [3.63, 3.8) is 0 Å². The first kappa shape index (κ1) is 12.4. The van der Waals surface area contributed by atoms with Crippen LogP contribution in [-0.4, -0.2) is 31.5 Å². The molecule has 0 bridgehead atoms. The van der Waals surface area contributed by atoms with Gasteiger partial charge in [-0.25, -0.2) is 4.79 Å². The molecule has 0 aliphatic heterocycles. The fourth-order valence-electron chi connectivity index (χ4n) is 0.766. The number of carbonyl (C=O) groups is 1. The zero-order valence-electron chi connectivity index (χ0n) is 7.81. The highest BCUT2D eigenvalue weighted by Gasteiger charge is 2.21. The normalized spacial score (nSPS) is 13.0. The van der Waals surface area contributed by atoms with Gasteiger partial charge < -0.3 is 14.2 Å². The highest BCUT2D eigenvalue weighted by atomic mass is 31.2. The van der Waals surface area contributed by atoms with Gasteiger partial charge in [-0.15, -0.1) is 0 Å². The Morgan fingerprint density at radius 1 is 1.46 bits per heavy atom. The first-order valence-electron chi connectivity index (χ1n) is 3.54. The van der Waals surface area contributed by atoms with E-state index < -0.39 is 13.6 Å². The molecule has 0 aromatic carbocycles. The number of allylic oxidation sites excluding steroid dienone is 1. The van der Waals surface area contributed by atoms with Crippen LogP contribution in [0.15, 0.2) is 11.6 Å². The Labute approximate surface area is 76.9 Å². The Bertz CT molecular complexity index is 250. The van der Waals surface area contributed by atoms with Crippen molar-refractivity contribution in [2.24, 2.45) is 0 Å². The summed E-state index contributed by atoms with van der Waals surface area (Å²) in [5.74, 6) is -1.07. The molecule has 0 amide bonds. The summed E-state index contributed by atoms with van der Waals surface area (Å²) in [6, 6.07) is 0. The van der Waals surface area contributed by atoms with E-state index in [2.05, 4.69) is 9.05 Å². The van der Waals surface area contributed by atoms with Gasteiger partial charge in [0.05, 0.1) is 6.16 Å². The van der Waals surface area contributed by atoms with E-state index in [4.69, 9.17) is 5.11 Å². The van der Waals surface area contributed by atoms with Crippen LogP contribution < -0.4 is 0 Å². The van der Waals surface area contributed by atoms with Crippen molar-refractivity contribution in [3.8, 4) is 0 Å². The lowest BCUT2D eigenvalue weighted by molar-refractivity contribution is -0.131. The maximum atomic E-state index is 11.5. The molecule has 5 nitrogen and oxygen atoms in total. The summed E-state index contributed by atoms with van der Waals surface area (Å²) in [6.45, 7) is 1.55. The fourth-order valence-corrected chi connectivity index (χ4v) is 1.87. The monoisotopic (exact) mass is 208 g/mol. The van der Waals surface area contributed by atoms with Crippen LogP contribution in [-0.2, 0) is 18.4 Å². The Kier molecular flexibility index (Phi) is 4.91. The highest BCUT2D eigenvalue weighted by Crippen LogP contribution is 2.47. The summed E-state index contributed by atoms with van der Waals surface area (Å²) >= 11 is 0. The Morgan fingerprint density at radius 3 is 2.23 bits per heavy atom. The molecular weight excluding hydrogens is 195 g/mol. The molecule has 0 aliphatic carbocycles. The SMILES string of the molecule is COP(=O)(C/C(C)=C/C(=O)O)OC. The van der Waals surface area contributed by atoms with Gasteiger partial charge in [0.25, 0.3) is 0 Å². The minimum Gasteiger partial charge on any atom is -0.478 e. The molecule has 0 fully saturated rings. The van der Waals surface area contributed by atoms with Crippen LogP contribution in [0.1, 0.15) is 6.92 Å². The lowest BCUT2D eigenvalue weighted by Gasteiger charge is -2.12. The second-order valence-corrected chi connectivity index (χ2v) is 4.73. The predicted octanol–water partition coefficient (Wildman–Crippen LogP) is 1.50. The van der Waals surface area contributed by atoms with Gasteiger partial charge >= 0.3 is 13.6 Å². The van der Waals surface area contributed by atoms with Crippen LogP contribution in [0.4, 0.5) is 0 Å². The lowest BCUT2D eigenvalue weighted by atomic mass is 10.3. The van der Waals surface area contributed by atoms with Crippen molar-refractivity contribution in [1.29, 1.82) is 0 Å². The third-order valence-corrected chi connectivity index (χ3v) is 3.37. The molecule has 0 saturated heterocycles. The van der Waals surface area contributed by atoms with E-state index in [1.54, 1.807) is 6.92 Å². The third kappa shape index (κ3) is 4.83. The molecule has 0 aromatic rings. The molecule has 0 radical (unpaired) electrons. The van der Waals surface area contributed by atoms with E-state index in [1.165, 1.54) is 14.2 Å². The van der Waals surface area contributed by atoms with Gasteiger partial charge in [0.1, 0.15) is 0 Å². The molecule has 1 N–H and O–H groups in total. The Morgan fingerprint density at radius 2 is 1.92 bits per heavy atom. The first-order chi connectivity index (χ1) is 5.93. The van der Waals surface area contributed by atoms with E-state index in [1.807, 2.05) is 0 Å². The van der Waals surface area contributed by atoms with Crippen molar-refractivity contribution in [2.45, 2.75) is 6.92 Å². The molecule has 0 heterocycles. The van der Waals surface area contributed by atoms with Crippen LogP contribution in [0, 0.1) is 0 Å². The van der Waals surface area contributed by atoms with Gasteiger partial charge in [0.2, 0.25) is 0 Å². The standard InChI is InChI=1S/C7H13O5P/c1-6(4-7(8)9)5-13(10,11-2)12-3/h4H,5H2,1-3H3,(H,8,9)/b6-4+. The van der Waals surface area contributed by atoms with Gasteiger partial charge in [-0.2, -0.15) is 0 Å². The number of hydrogen-bond donors (Lipinski definition) is 1. The molecule has 0 unspecified atom stereocenters. The van der Waals surface area contributed by atoms with Crippen molar-refractivity contribution >= 4 is 13.6 Å². The van der Waals surface area contributed by atoms with Crippen molar-refractivity contribution < 1.29 is 23.5 Å². The zero-order chi connectivity index (χ0) is 10.5. The molecule has 6 heteroatoms. The van der Waals surface area contributed by atoms with Crippen LogP contribution in [0.2, 0.25) is 0 Å². The van der Waals surface area contributed by atoms with E-state index >= 15 is 0 Å². The fraction of sp³-hybridized carbons (Fsp3) is 0.571. The second-order valence-electron chi connectivity index (χ2n) is 2.46. The van der Waals surface area contributed by atoms with Gasteiger partial charge in [0.15, 0.2) is 0 Å². The molecule has 0 saturated carbocycles. The van der Waals surface area contributed by atoms with Crippen molar-refractivity contribution in [1.82, 2.24) is 0 Å². The highest BCUT2D eigenvalue weighted by molar-refractivity contribution is 7.54. The maximum Gasteiger partial charge on any atom is 0.334 e. The third-order valence-electron chi connectivity index (χ3n) is 1.37. The molecule has 0 aromatic heterocycles. The number of rotatable bonds is 5. The number of aliphatic carboxylic acids is 1. The maximum absolute atomic E-state index is 11.5. The van der Waals surface area contributed by atoms with Gasteiger partial charge in [-0.1, -0.05) is 5.57 Å². The summed E-state index contributed by atoms with van der Waals surface area (Å²) in [5.41, 5.74) is 0.444. The van der Waals surface area contributed by atoms with E-state index in [0.717, 1.165) is 6.08 Å². The van der Waals surface area contributed by atoms with E-state index in [9.17, 15) is 9.36 Å². The molecule has 0 rings (SSSR count). The minimum atomic E-state index is -3.13. The van der Waals surface area contributed by atoms with E-state index in [0.29, 0.717) is 5.57 Å². The Balaban J connectivity index is 4.42. The lowest BCUT2D eigenvalue weighted by Crippen LogP contribution is -1.98. The smallest absolute Gasteiger partial charge is 0.334 e. The average Bonchev–Trinajstić information content (AvgIpc) is 2.02. The summed E-state index contributed by atoms with van der Waals surface area (Å²) in [4.78, 5) is 10.2. The number of hydrogen-bond acceptors (Lipinski definition) is 4. The predicted molar refractivity (Wildman–Crippen MR) is 47.9 cm³/mol. The summed E-state index contributed by atoms with van der Waals surface area (Å²) in [5, 5.41) is 8.38. The van der Waals surface area contributed by atoms with Gasteiger partial charge in [-0.05, 0) is 6.92 Å².